The first-order valence-corrected chi connectivity index (χ1v) is 4.52. The van der Waals surface area contributed by atoms with Crippen molar-refractivity contribution in [1.29, 1.82) is 0 Å². The highest BCUT2D eigenvalue weighted by Crippen LogP contribution is 2.16. The lowest BCUT2D eigenvalue weighted by Gasteiger charge is -2.04. The minimum Gasteiger partial charge on any atom is -0.478 e. The van der Waals surface area contributed by atoms with Crippen LogP contribution in [0.5, 0.6) is 0 Å². The molecule has 0 fully saturated rings. The standard InChI is InChI=1S/C11H13NO3/c12-5-4-10(11(14)15)9-3-1-2-8(6-9)7-13/h1-4,6,13H,5,7,12H2,(H,14,15). The number of carboxylic acids is 1. The number of hydrogen-bond acceptors (Lipinski definition) is 3. The van der Waals surface area contributed by atoms with Crippen LogP contribution in [0.1, 0.15) is 11.1 Å². The molecule has 0 unspecified atom stereocenters. The summed E-state index contributed by atoms with van der Waals surface area (Å²) in [5.74, 6) is -1.02. The second kappa shape index (κ2) is 5.29. The lowest BCUT2D eigenvalue weighted by atomic mass is 10.0. The molecule has 0 heterocycles. The van der Waals surface area contributed by atoms with Gasteiger partial charge in [-0.15, -0.1) is 0 Å². The molecule has 0 amide bonds. The Bertz CT molecular complexity index is 385. The van der Waals surface area contributed by atoms with E-state index in [9.17, 15) is 4.79 Å². The molecule has 4 nitrogen and oxygen atoms in total. The molecule has 0 spiro atoms. The van der Waals surface area contributed by atoms with Crippen molar-refractivity contribution in [3.63, 3.8) is 0 Å². The number of aliphatic carboxylic acids is 1. The zero-order valence-electron chi connectivity index (χ0n) is 8.18. The number of aliphatic hydroxyl groups is 1. The van der Waals surface area contributed by atoms with Gasteiger partial charge in [0.05, 0.1) is 12.2 Å². The molecule has 0 radical (unpaired) electrons. The van der Waals surface area contributed by atoms with Gasteiger partial charge in [-0.3, -0.25) is 0 Å². The van der Waals surface area contributed by atoms with Gasteiger partial charge in [-0.2, -0.15) is 0 Å². The summed E-state index contributed by atoms with van der Waals surface area (Å²) in [5.41, 5.74) is 6.68. The lowest BCUT2D eigenvalue weighted by Crippen LogP contribution is -2.04. The van der Waals surface area contributed by atoms with Crippen LogP contribution >= 0.6 is 0 Å². The first-order chi connectivity index (χ1) is 7.19. The van der Waals surface area contributed by atoms with Crippen LogP contribution in [0, 0.1) is 0 Å². The van der Waals surface area contributed by atoms with E-state index in [4.69, 9.17) is 15.9 Å². The molecule has 1 rings (SSSR count). The van der Waals surface area contributed by atoms with Gasteiger partial charge in [0.2, 0.25) is 0 Å². The van der Waals surface area contributed by atoms with E-state index in [1.165, 1.54) is 6.08 Å². The average molecular weight is 207 g/mol. The summed E-state index contributed by atoms with van der Waals surface area (Å²) in [5, 5.41) is 17.9. The van der Waals surface area contributed by atoms with Crippen LogP contribution in [0.4, 0.5) is 0 Å². The van der Waals surface area contributed by atoms with E-state index in [0.29, 0.717) is 11.1 Å². The fourth-order valence-corrected chi connectivity index (χ4v) is 1.28. The summed E-state index contributed by atoms with van der Waals surface area (Å²) in [6, 6.07) is 6.74. The largest absolute Gasteiger partial charge is 0.478 e. The molecule has 4 heteroatoms. The molecule has 0 aliphatic rings. The fourth-order valence-electron chi connectivity index (χ4n) is 1.28. The van der Waals surface area contributed by atoms with Crippen molar-refractivity contribution in [3.05, 3.63) is 41.5 Å². The van der Waals surface area contributed by atoms with Crippen molar-refractivity contribution < 1.29 is 15.0 Å². The summed E-state index contributed by atoms with van der Waals surface area (Å²) in [4.78, 5) is 10.9. The molecule has 0 atom stereocenters. The molecule has 0 aliphatic carbocycles. The van der Waals surface area contributed by atoms with E-state index in [1.54, 1.807) is 24.3 Å². The predicted octanol–water partition coefficient (Wildman–Crippen LogP) is 0.606. The van der Waals surface area contributed by atoms with Gasteiger partial charge >= 0.3 is 5.97 Å². The Balaban J connectivity index is 3.11. The van der Waals surface area contributed by atoms with Crippen LogP contribution in [-0.4, -0.2) is 22.7 Å². The maximum absolute atomic E-state index is 10.9. The molecule has 1 aromatic carbocycles. The molecular weight excluding hydrogens is 194 g/mol. The predicted molar refractivity (Wildman–Crippen MR) is 57.0 cm³/mol. The zero-order valence-corrected chi connectivity index (χ0v) is 8.18. The average Bonchev–Trinajstić information content (AvgIpc) is 2.25. The number of aliphatic hydroxyl groups excluding tert-OH is 1. The molecule has 1 aromatic rings. The maximum Gasteiger partial charge on any atom is 0.336 e. The molecule has 0 saturated heterocycles. The summed E-state index contributed by atoms with van der Waals surface area (Å²) in [6.07, 6.45) is 1.44. The first-order valence-electron chi connectivity index (χ1n) is 4.52. The number of carboxylic acid groups (broad SMARTS) is 1. The van der Waals surface area contributed by atoms with Crippen LogP contribution in [0.2, 0.25) is 0 Å². The Hall–Kier alpha value is -1.65. The number of benzene rings is 1. The molecule has 15 heavy (non-hydrogen) atoms. The summed E-state index contributed by atoms with van der Waals surface area (Å²) >= 11 is 0. The minimum absolute atomic E-state index is 0.108. The number of hydrogen-bond donors (Lipinski definition) is 3. The Labute approximate surface area is 87.7 Å². The fraction of sp³-hybridized carbons (Fsp3) is 0.182. The van der Waals surface area contributed by atoms with Gasteiger partial charge in [-0.25, -0.2) is 4.79 Å². The maximum atomic E-state index is 10.9. The van der Waals surface area contributed by atoms with E-state index >= 15 is 0 Å². The molecule has 0 bridgehead atoms. The summed E-state index contributed by atoms with van der Waals surface area (Å²) < 4.78 is 0. The third-order valence-electron chi connectivity index (χ3n) is 1.97. The Morgan fingerprint density at radius 3 is 2.73 bits per heavy atom. The third-order valence-corrected chi connectivity index (χ3v) is 1.97. The van der Waals surface area contributed by atoms with Crippen LogP contribution in [0.15, 0.2) is 30.3 Å². The molecular formula is C11H13NO3. The molecule has 0 saturated carbocycles. The first kappa shape index (κ1) is 11.4. The number of carbonyl (C=O) groups is 1. The van der Waals surface area contributed by atoms with E-state index < -0.39 is 5.97 Å². The normalized spacial score (nSPS) is 11.5. The third kappa shape index (κ3) is 2.90. The Morgan fingerprint density at radius 2 is 2.20 bits per heavy atom. The van der Waals surface area contributed by atoms with E-state index in [2.05, 4.69) is 0 Å². The number of nitrogens with two attached hydrogens (primary N) is 1. The molecule has 0 aromatic heterocycles. The van der Waals surface area contributed by atoms with Gasteiger partial charge in [0, 0.05) is 6.54 Å². The van der Waals surface area contributed by atoms with E-state index in [-0.39, 0.29) is 18.7 Å². The van der Waals surface area contributed by atoms with Gasteiger partial charge in [-0.05, 0) is 17.2 Å². The summed E-state index contributed by atoms with van der Waals surface area (Å²) in [6.45, 7) is 0.0638. The smallest absolute Gasteiger partial charge is 0.336 e. The molecule has 0 aliphatic heterocycles. The minimum atomic E-state index is -1.02. The summed E-state index contributed by atoms with van der Waals surface area (Å²) in [7, 11) is 0. The van der Waals surface area contributed by atoms with Crippen LogP contribution in [-0.2, 0) is 11.4 Å². The highest BCUT2D eigenvalue weighted by molar-refractivity contribution is 6.15. The SMILES string of the molecule is NCC=C(C(=O)O)c1cccc(CO)c1. The molecule has 4 N–H and O–H groups in total. The van der Waals surface area contributed by atoms with Gasteiger partial charge < -0.3 is 15.9 Å². The second-order valence-corrected chi connectivity index (χ2v) is 3.02. The van der Waals surface area contributed by atoms with E-state index in [0.717, 1.165) is 0 Å². The van der Waals surface area contributed by atoms with Crippen molar-refractivity contribution >= 4 is 11.5 Å². The zero-order chi connectivity index (χ0) is 11.3. The van der Waals surface area contributed by atoms with Gasteiger partial charge in [0.15, 0.2) is 0 Å². The van der Waals surface area contributed by atoms with Crippen molar-refractivity contribution in [1.82, 2.24) is 0 Å². The Kier molecular flexibility index (Phi) is 4.03. The monoisotopic (exact) mass is 207 g/mol. The van der Waals surface area contributed by atoms with Gasteiger partial charge in [0.25, 0.3) is 0 Å². The van der Waals surface area contributed by atoms with Crippen LogP contribution in [0.25, 0.3) is 5.57 Å². The van der Waals surface area contributed by atoms with Crippen molar-refractivity contribution in [2.24, 2.45) is 5.73 Å². The quantitative estimate of drug-likeness (QED) is 0.631. The van der Waals surface area contributed by atoms with Gasteiger partial charge in [-0.1, -0.05) is 24.3 Å². The topological polar surface area (TPSA) is 83.6 Å². The Morgan fingerprint density at radius 1 is 1.47 bits per heavy atom. The lowest BCUT2D eigenvalue weighted by molar-refractivity contribution is -0.130. The van der Waals surface area contributed by atoms with E-state index in [1.807, 2.05) is 0 Å². The highest BCUT2D eigenvalue weighted by Gasteiger charge is 2.09. The van der Waals surface area contributed by atoms with Crippen molar-refractivity contribution in [3.8, 4) is 0 Å². The van der Waals surface area contributed by atoms with Crippen LogP contribution in [0.3, 0.4) is 0 Å². The number of rotatable bonds is 4. The molecule has 80 valence electrons. The highest BCUT2D eigenvalue weighted by atomic mass is 16.4. The van der Waals surface area contributed by atoms with Crippen molar-refractivity contribution in [2.45, 2.75) is 6.61 Å². The second-order valence-electron chi connectivity index (χ2n) is 3.02. The van der Waals surface area contributed by atoms with Crippen LogP contribution < -0.4 is 5.73 Å². The van der Waals surface area contributed by atoms with Gasteiger partial charge in [0.1, 0.15) is 0 Å². The van der Waals surface area contributed by atoms with Crippen molar-refractivity contribution in [2.75, 3.05) is 6.54 Å².